The number of hydrogen-bond donors (Lipinski definition) is 1. The molecule has 3 heteroatoms. The molecule has 0 heterocycles. The summed E-state index contributed by atoms with van der Waals surface area (Å²) in [5, 5.41) is 0. The van der Waals surface area contributed by atoms with Gasteiger partial charge in [0.2, 0.25) is 0 Å². The molecule has 0 rings (SSSR count). The van der Waals surface area contributed by atoms with Crippen LogP contribution in [-0.2, 0) is 4.74 Å². The van der Waals surface area contributed by atoms with Gasteiger partial charge in [-0.05, 0) is 19.5 Å². The lowest BCUT2D eigenvalue weighted by Gasteiger charge is -2.24. The Balaban J connectivity index is 3.65. The first-order chi connectivity index (χ1) is 5.78. The van der Waals surface area contributed by atoms with Gasteiger partial charge in [-0.2, -0.15) is 0 Å². The van der Waals surface area contributed by atoms with Crippen LogP contribution in [0, 0.1) is 0 Å². The van der Waals surface area contributed by atoms with E-state index in [-0.39, 0.29) is 6.10 Å². The summed E-state index contributed by atoms with van der Waals surface area (Å²) in [4.78, 5) is 2.36. The van der Waals surface area contributed by atoms with Crippen molar-refractivity contribution in [3.63, 3.8) is 0 Å². The number of likely N-dealkylation sites (N-methyl/N-ethyl adjacent to an activating group) is 1. The van der Waals surface area contributed by atoms with Crippen LogP contribution in [-0.4, -0.2) is 44.3 Å². The van der Waals surface area contributed by atoms with Gasteiger partial charge in [-0.15, -0.1) is 0 Å². The standard InChI is InChI=1S/C9H22N2O/c1-4-6-11(5-2)8-9(7-10)12-3/h9H,4-8,10H2,1-3H3. The smallest absolute Gasteiger partial charge is 0.0820 e. The van der Waals surface area contributed by atoms with Crippen LogP contribution >= 0.6 is 0 Å². The molecule has 1 atom stereocenters. The van der Waals surface area contributed by atoms with E-state index in [4.69, 9.17) is 10.5 Å². The van der Waals surface area contributed by atoms with E-state index in [0.29, 0.717) is 6.54 Å². The lowest BCUT2D eigenvalue weighted by molar-refractivity contribution is 0.0716. The zero-order valence-electron chi connectivity index (χ0n) is 8.55. The van der Waals surface area contributed by atoms with Crippen molar-refractivity contribution in [1.82, 2.24) is 4.90 Å². The molecule has 0 aromatic rings. The van der Waals surface area contributed by atoms with Crippen molar-refractivity contribution in [2.24, 2.45) is 5.73 Å². The van der Waals surface area contributed by atoms with Crippen LogP contribution in [0.4, 0.5) is 0 Å². The first-order valence-electron chi connectivity index (χ1n) is 4.73. The third-order valence-corrected chi connectivity index (χ3v) is 2.05. The highest BCUT2D eigenvalue weighted by molar-refractivity contribution is 4.64. The van der Waals surface area contributed by atoms with Crippen molar-refractivity contribution in [1.29, 1.82) is 0 Å². The van der Waals surface area contributed by atoms with Crippen LogP contribution in [0.25, 0.3) is 0 Å². The highest BCUT2D eigenvalue weighted by Crippen LogP contribution is 1.96. The van der Waals surface area contributed by atoms with Gasteiger partial charge in [-0.1, -0.05) is 13.8 Å². The largest absolute Gasteiger partial charge is 0.379 e. The van der Waals surface area contributed by atoms with Crippen molar-refractivity contribution in [3.8, 4) is 0 Å². The van der Waals surface area contributed by atoms with Gasteiger partial charge < -0.3 is 15.4 Å². The molecule has 12 heavy (non-hydrogen) atoms. The molecule has 0 saturated carbocycles. The first-order valence-corrected chi connectivity index (χ1v) is 4.73. The van der Waals surface area contributed by atoms with Gasteiger partial charge in [-0.3, -0.25) is 0 Å². The highest BCUT2D eigenvalue weighted by Gasteiger charge is 2.09. The summed E-state index contributed by atoms with van der Waals surface area (Å²) in [5.41, 5.74) is 5.53. The molecule has 0 amide bonds. The van der Waals surface area contributed by atoms with Gasteiger partial charge in [0.1, 0.15) is 0 Å². The second-order valence-electron chi connectivity index (χ2n) is 2.99. The molecular weight excluding hydrogens is 152 g/mol. The minimum atomic E-state index is 0.191. The Morgan fingerprint density at radius 2 is 2.08 bits per heavy atom. The van der Waals surface area contributed by atoms with Crippen molar-refractivity contribution in [2.45, 2.75) is 26.4 Å². The molecule has 1 unspecified atom stereocenters. The molecule has 0 fully saturated rings. The molecule has 0 aliphatic heterocycles. The molecular formula is C9H22N2O. The number of rotatable bonds is 7. The topological polar surface area (TPSA) is 38.5 Å². The van der Waals surface area contributed by atoms with Crippen LogP contribution in [0.2, 0.25) is 0 Å². The summed E-state index contributed by atoms with van der Waals surface area (Å²) in [6.45, 7) is 8.13. The summed E-state index contributed by atoms with van der Waals surface area (Å²) < 4.78 is 5.21. The number of ether oxygens (including phenoxy) is 1. The third-order valence-electron chi connectivity index (χ3n) is 2.05. The highest BCUT2D eigenvalue weighted by atomic mass is 16.5. The molecule has 3 nitrogen and oxygen atoms in total. The zero-order chi connectivity index (χ0) is 9.40. The van der Waals surface area contributed by atoms with Gasteiger partial charge in [0, 0.05) is 20.2 Å². The summed E-state index contributed by atoms with van der Waals surface area (Å²) in [6, 6.07) is 0. The molecule has 0 aromatic heterocycles. The summed E-state index contributed by atoms with van der Waals surface area (Å²) >= 11 is 0. The minimum Gasteiger partial charge on any atom is -0.379 e. The monoisotopic (exact) mass is 174 g/mol. The van der Waals surface area contributed by atoms with E-state index in [0.717, 1.165) is 19.6 Å². The van der Waals surface area contributed by atoms with Crippen molar-refractivity contribution >= 4 is 0 Å². The predicted octanol–water partition coefficient (Wildman–Crippen LogP) is 0.692. The SMILES string of the molecule is CCCN(CC)CC(CN)OC. The van der Waals surface area contributed by atoms with Gasteiger partial charge in [0.15, 0.2) is 0 Å². The van der Waals surface area contributed by atoms with E-state index in [2.05, 4.69) is 18.7 Å². The van der Waals surface area contributed by atoms with E-state index in [1.807, 2.05) is 0 Å². The molecule has 0 aliphatic carbocycles. The van der Waals surface area contributed by atoms with Crippen LogP contribution in [0.5, 0.6) is 0 Å². The summed E-state index contributed by atoms with van der Waals surface area (Å²) in [7, 11) is 1.72. The maximum Gasteiger partial charge on any atom is 0.0820 e. The normalized spacial score (nSPS) is 13.8. The summed E-state index contributed by atoms with van der Waals surface area (Å²) in [6.07, 6.45) is 1.38. The van der Waals surface area contributed by atoms with E-state index in [9.17, 15) is 0 Å². The Hall–Kier alpha value is -0.120. The zero-order valence-corrected chi connectivity index (χ0v) is 8.55. The molecule has 0 radical (unpaired) electrons. The van der Waals surface area contributed by atoms with E-state index >= 15 is 0 Å². The summed E-state index contributed by atoms with van der Waals surface area (Å²) in [5.74, 6) is 0. The molecule has 2 N–H and O–H groups in total. The number of hydrogen-bond acceptors (Lipinski definition) is 3. The molecule has 0 saturated heterocycles. The van der Waals surface area contributed by atoms with Crippen LogP contribution in [0.15, 0.2) is 0 Å². The average molecular weight is 174 g/mol. The van der Waals surface area contributed by atoms with Gasteiger partial charge in [0.25, 0.3) is 0 Å². The van der Waals surface area contributed by atoms with Crippen molar-refractivity contribution < 1.29 is 4.74 Å². The molecule has 0 bridgehead atoms. The fourth-order valence-electron chi connectivity index (χ4n) is 1.23. The Morgan fingerprint density at radius 3 is 2.42 bits per heavy atom. The maximum absolute atomic E-state index is 5.53. The Bertz CT molecular complexity index is 94.5. The second kappa shape index (κ2) is 7.53. The minimum absolute atomic E-state index is 0.191. The Labute approximate surface area is 75.9 Å². The van der Waals surface area contributed by atoms with E-state index < -0.39 is 0 Å². The Morgan fingerprint density at radius 1 is 1.42 bits per heavy atom. The lowest BCUT2D eigenvalue weighted by atomic mass is 10.3. The quantitative estimate of drug-likeness (QED) is 0.617. The van der Waals surface area contributed by atoms with Crippen LogP contribution in [0.3, 0.4) is 0 Å². The number of nitrogens with two attached hydrogens (primary N) is 1. The van der Waals surface area contributed by atoms with E-state index in [1.54, 1.807) is 7.11 Å². The second-order valence-corrected chi connectivity index (χ2v) is 2.99. The van der Waals surface area contributed by atoms with E-state index in [1.165, 1.54) is 6.42 Å². The van der Waals surface area contributed by atoms with Crippen molar-refractivity contribution in [3.05, 3.63) is 0 Å². The first kappa shape index (κ1) is 11.9. The van der Waals surface area contributed by atoms with Gasteiger partial charge in [-0.25, -0.2) is 0 Å². The predicted molar refractivity (Wildman–Crippen MR) is 52.3 cm³/mol. The fourth-order valence-corrected chi connectivity index (χ4v) is 1.23. The van der Waals surface area contributed by atoms with Crippen molar-refractivity contribution in [2.75, 3.05) is 33.3 Å². The lowest BCUT2D eigenvalue weighted by Crippen LogP contribution is -2.38. The Kier molecular flexibility index (Phi) is 7.45. The molecule has 0 aliphatic rings. The number of methoxy groups -OCH3 is 1. The maximum atomic E-state index is 5.53. The number of nitrogens with zero attached hydrogens (tertiary/aromatic N) is 1. The van der Waals surface area contributed by atoms with Gasteiger partial charge >= 0.3 is 0 Å². The molecule has 74 valence electrons. The average Bonchev–Trinajstić information content (AvgIpc) is 2.12. The van der Waals surface area contributed by atoms with Gasteiger partial charge in [0.05, 0.1) is 6.10 Å². The third kappa shape index (κ3) is 4.70. The fraction of sp³-hybridized carbons (Fsp3) is 1.00. The molecule has 0 spiro atoms. The van der Waals surface area contributed by atoms with Crippen LogP contribution in [0.1, 0.15) is 20.3 Å². The van der Waals surface area contributed by atoms with Crippen LogP contribution < -0.4 is 5.73 Å². The molecule has 0 aromatic carbocycles.